The summed E-state index contributed by atoms with van der Waals surface area (Å²) in [6, 6.07) is 0.677. The van der Waals surface area contributed by atoms with Gasteiger partial charge in [0.05, 0.1) is 19.8 Å². The molecule has 0 aliphatic rings. The van der Waals surface area contributed by atoms with Crippen LogP contribution >= 0.6 is 0 Å². The summed E-state index contributed by atoms with van der Waals surface area (Å²) in [6.45, 7) is 0. The standard InChI is InChI=1S/C10H11F3N2O3/c1-14-8(16)7-5(10(11,12)13)4-6(17-2)9(15-7)18-3/h4H,1-3H3,(H,14,16). The molecule has 1 heterocycles. The first-order valence-electron chi connectivity index (χ1n) is 4.77. The van der Waals surface area contributed by atoms with Gasteiger partial charge in [0, 0.05) is 13.1 Å². The molecule has 0 radical (unpaired) electrons. The Morgan fingerprint density at radius 2 is 1.94 bits per heavy atom. The van der Waals surface area contributed by atoms with E-state index in [0.717, 1.165) is 0 Å². The van der Waals surface area contributed by atoms with Crippen LogP contribution < -0.4 is 14.8 Å². The molecule has 0 aliphatic carbocycles. The number of ether oxygens (including phenoxy) is 2. The van der Waals surface area contributed by atoms with Crippen LogP contribution in [0.4, 0.5) is 13.2 Å². The van der Waals surface area contributed by atoms with Gasteiger partial charge in [0.15, 0.2) is 5.75 Å². The molecule has 5 nitrogen and oxygen atoms in total. The number of hydrogen-bond donors (Lipinski definition) is 1. The highest BCUT2D eigenvalue weighted by Gasteiger charge is 2.37. The molecule has 0 aromatic carbocycles. The molecule has 1 N–H and O–H groups in total. The lowest BCUT2D eigenvalue weighted by atomic mass is 10.1. The minimum Gasteiger partial charge on any atom is -0.491 e. The van der Waals surface area contributed by atoms with Gasteiger partial charge in [0.25, 0.3) is 11.8 Å². The van der Waals surface area contributed by atoms with Gasteiger partial charge in [-0.05, 0) is 0 Å². The monoisotopic (exact) mass is 264 g/mol. The van der Waals surface area contributed by atoms with Crippen molar-refractivity contribution in [3.05, 3.63) is 17.3 Å². The highest BCUT2D eigenvalue weighted by molar-refractivity contribution is 5.94. The van der Waals surface area contributed by atoms with Crippen molar-refractivity contribution in [3.63, 3.8) is 0 Å². The molecule has 1 aromatic rings. The topological polar surface area (TPSA) is 60.5 Å². The molecule has 0 saturated heterocycles. The average molecular weight is 264 g/mol. The Hall–Kier alpha value is -1.99. The second-order valence-corrected chi connectivity index (χ2v) is 3.17. The molecular weight excluding hydrogens is 253 g/mol. The molecule has 8 heteroatoms. The van der Waals surface area contributed by atoms with Crippen LogP contribution in [0, 0.1) is 0 Å². The van der Waals surface area contributed by atoms with E-state index in [1.165, 1.54) is 21.3 Å². The van der Waals surface area contributed by atoms with Crippen molar-refractivity contribution in [2.24, 2.45) is 0 Å². The maximum atomic E-state index is 12.8. The van der Waals surface area contributed by atoms with Gasteiger partial charge >= 0.3 is 6.18 Å². The molecule has 18 heavy (non-hydrogen) atoms. The van der Waals surface area contributed by atoms with Gasteiger partial charge in [-0.15, -0.1) is 0 Å². The first-order chi connectivity index (χ1) is 8.35. The van der Waals surface area contributed by atoms with E-state index in [9.17, 15) is 18.0 Å². The molecule has 0 saturated carbocycles. The zero-order valence-corrected chi connectivity index (χ0v) is 9.88. The summed E-state index contributed by atoms with van der Waals surface area (Å²) in [4.78, 5) is 14.9. The number of pyridine rings is 1. The number of aromatic nitrogens is 1. The lowest BCUT2D eigenvalue weighted by Crippen LogP contribution is -2.24. The van der Waals surface area contributed by atoms with Crippen LogP contribution in [0.2, 0.25) is 0 Å². The maximum absolute atomic E-state index is 12.8. The third-order valence-corrected chi connectivity index (χ3v) is 2.12. The molecule has 0 aliphatic heterocycles. The van der Waals surface area contributed by atoms with E-state index in [1.807, 2.05) is 0 Å². The third-order valence-electron chi connectivity index (χ3n) is 2.12. The molecule has 0 fully saturated rings. The van der Waals surface area contributed by atoms with Crippen molar-refractivity contribution in [2.45, 2.75) is 6.18 Å². The van der Waals surface area contributed by atoms with Crippen LogP contribution in [0.15, 0.2) is 6.07 Å². The van der Waals surface area contributed by atoms with E-state index in [4.69, 9.17) is 9.47 Å². The average Bonchev–Trinajstić information content (AvgIpc) is 2.34. The van der Waals surface area contributed by atoms with Crippen molar-refractivity contribution in [1.29, 1.82) is 0 Å². The molecule has 0 spiro atoms. The van der Waals surface area contributed by atoms with Gasteiger partial charge in [-0.3, -0.25) is 4.79 Å². The predicted octanol–water partition coefficient (Wildman–Crippen LogP) is 1.48. The van der Waals surface area contributed by atoms with Crippen LogP contribution in [0.1, 0.15) is 16.1 Å². The van der Waals surface area contributed by atoms with Crippen molar-refractivity contribution < 1.29 is 27.4 Å². The minimum atomic E-state index is -4.71. The van der Waals surface area contributed by atoms with Crippen molar-refractivity contribution in [3.8, 4) is 11.6 Å². The maximum Gasteiger partial charge on any atom is 0.418 e. The van der Waals surface area contributed by atoms with Gasteiger partial charge in [0.2, 0.25) is 0 Å². The number of alkyl halides is 3. The molecular formula is C10H11F3N2O3. The summed E-state index contributed by atoms with van der Waals surface area (Å²) in [7, 11) is 3.60. The normalized spacial score (nSPS) is 11.0. The van der Waals surface area contributed by atoms with Gasteiger partial charge < -0.3 is 14.8 Å². The lowest BCUT2D eigenvalue weighted by molar-refractivity contribution is -0.138. The highest BCUT2D eigenvalue weighted by Crippen LogP contribution is 2.36. The number of carbonyl (C=O) groups excluding carboxylic acids is 1. The number of carbonyl (C=O) groups is 1. The van der Waals surface area contributed by atoms with Crippen LogP contribution in [0.5, 0.6) is 11.6 Å². The second kappa shape index (κ2) is 5.11. The van der Waals surface area contributed by atoms with Crippen molar-refractivity contribution in [1.82, 2.24) is 10.3 Å². The minimum absolute atomic E-state index is 0.191. The molecule has 0 bridgehead atoms. The number of amides is 1. The SMILES string of the molecule is CNC(=O)c1nc(OC)c(OC)cc1C(F)(F)F. The lowest BCUT2D eigenvalue weighted by Gasteiger charge is -2.14. The first-order valence-corrected chi connectivity index (χ1v) is 4.77. The van der Waals surface area contributed by atoms with E-state index < -0.39 is 23.3 Å². The smallest absolute Gasteiger partial charge is 0.418 e. The van der Waals surface area contributed by atoms with Crippen molar-refractivity contribution >= 4 is 5.91 Å². The quantitative estimate of drug-likeness (QED) is 0.898. The third kappa shape index (κ3) is 2.63. The number of halogens is 3. The Kier molecular flexibility index (Phi) is 4.00. The zero-order chi connectivity index (χ0) is 13.9. The van der Waals surface area contributed by atoms with E-state index in [2.05, 4.69) is 10.3 Å². The number of rotatable bonds is 3. The van der Waals surface area contributed by atoms with Gasteiger partial charge in [-0.2, -0.15) is 13.2 Å². The molecule has 1 aromatic heterocycles. The number of methoxy groups -OCH3 is 2. The number of hydrogen-bond acceptors (Lipinski definition) is 4. The van der Waals surface area contributed by atoms with Crippen LogP contribution in [0.25, 0.3) is 0 Å². The Labute approximate surface area is 101 Å². The van der Waals surface area contributed by atoms with E-state index in [0.29, 0.717) is 6.07 Å². The van der Waals surface area contributed by atoms with Crippen LogP contribution in [-0.2, 0) is 6.18 Å². The van der Waals surface area contributed by atoms with E-state index in [1.54, 1.807) is 0 Å². The van der Waals surface area contributed by atoms with Gasteiger partial charge in [-0.1, -0.05) is 0 Å². The summed E-state index contributed by atoms with van der Waals surface area (Å²) in [5, 5.41) is 2.08. The molecule has 1 amide bonds. The van der Waals surface area contributed by atoms with Crippen LogP contribution in [0.3, 0.4) is 0 Å². The fraction of sp³-hybridized carbons (Fsp3) is 0.400. The number of nitrogens with zero attached hydrogens (tertiary/aromatic N) is 1. The van der Waals surface area contributed by atoms with Gasteiger partial charge in [0.1, 0.15) is 5.69 Å². The number of nitrogens with one attached hydrogen (secondary N) is 1. The molecule has 100 valence electrons. The Balaban J connectivity index is 3.51. The Morgan fingerprint density at radius 1 is 1.33 bits per heavy atom. The summed E-state index contributed by atoms with van der Waals surface area (Å²) in [5.74, 6) is -1.34. The van der Waals surface area contributed by atoms with Crippen molar-refractivity contribution in [2.75, 3.05) is 21.3 Å². The largest absolute Gasteiger partial charge is 0.491 e. The Morgan fingerprint density at radius 3 is 2.33 bits per heavy atom. The Bertz CT molecular complexity index is 460. The fourth-order valence-corrected chi connectivity index (χ4v) is 1.28. The first kappa shape index (κ1) is 14.1. The van der Waals surface area contributed by atoms with Crippen LogP contribution in [-0.4, -0.2) is 32.2 Å². The summed E-state index contributed by atoms with van der Waals surface area (Å²) < 4.78 is 47.8. The zero-order valence-electron chi connectivity index (χ0n) is 9.88. The molecule has 1 rings (SSSR count). The second-order valence-electron chi connectivity index (χ2n) is 3.17. The molecule has 0 atom stereocenters. The van der Waals surface area contributed by atoms with E-state index in [-0.39, 0.29) is 11.6 Å². The summed E-state index contributed by atoms with van der Waals surface area (Å²) >= 11 is 0. The molecule has 0 unspecified atom stereocenters. The predicted molar refractivity (Wildman–Crippen MR) is 55.7 cm³/mol. The highest BCUT2D eigenvalue weighted by atomic mass is 19.4. The fourth-order valence-electron chi connectivity index (χ4n) is 1.28. The summed E-state index contributed by atoms with van der Waals surface area (Å²) in [6.07, 6.45) is -4.71. The van der Waals surface area contributed by atoms with E-state index >= 15 is 0 Å². The summed E-state index contributed by atoms with van der Waals surface area (Å²) in [5.41, 5.74) is -1.94. The van der Waals surface area contributed by atoms with Gasteiger partial charge in [-0.25, -0.2) is 4.98 Å².